The Balaban J connectivity index is 1.40. The molecule has 0 spiro atoms. The zero-order valence-electron chi connectivity index (χ0n) is 21.7. The lowest BCUT2D eigenvalue weighted by Gasteiger charge is -2.62. The molecule has 4 nitrogen and oxygen atoms in total. The fourth-order valence-electron chi connectivity index (χ4n) is 7.54. The van der Waals surface area contributed by atoms with Gasteiger partial charge in [-0.05, 0) is 86.0 Å². The second-order valence-corrected chi connectivity index (χ2v) is 11.2. The monoisotopic (exact) mass is 495 g/mol. The molecule has 192 valence electrons. The van der Waals surface area contributed by atoms with E-state index in [0.29, 0.717) is 17.4 Å². The number of rotatable bonds is 6. The first-order valence-electron chi connectivity index (χ1n) is 13.9. The summed E-state index contributed by atoms with van der Waals surface area (Å²) in [7, 11) is 1.64. The predicted octanol–water partition coefficient (Wildman–Crippen LogP) is 6.83. The van der Waals surface area contributed by atoms with Crippen LogP contribution in [0.2, 0.25) is 0 Å². The number of hydrogen-bond acceptors (Lipinski definition) is 4. The van der Waals surface area contributed by atoms with Gasteiger partial charge < -0.3 is 9.47 Å². The minimum absolute atomic E-state index is 0.0427. The highest BCUT2D eigenvalue weighted by molar-refractivity contribution is 5.89. The Kier molecular flexibility index (Phi) is 6.77. The van der Waals surface area contributed by atoms with Crippen LogP contribution < -0.4 is 4.74 Å². The second kappa shape index (κ2) is 10.3. The molecular formula is C33H37NO3. The van der Waals surface area contributed by atoms with Gasteiger partial charge in [0, 0.05) is 17.9 Å². The van der Waals surface area contributed by atoms with Crippen molar-refractivity contribution in [2.75, 3.05) is 20.2 Å². The number of carbonyl (C=O) groups is 1. The number of likely N-dealkylation sites (tertiary alicyclic amines) is 1. The molecule has 4 aliphatic rings. The minimum Gasteiger partial charge on any atom is -0.497 e. The van der Waals surface area contributed by atoms with Gasteiger partial charge in [-0.3, -0.25) is 4.90 Å². The third kappa shape index (κ3) is 4.68. The summed E-state index contributed by atoms with van der Waals surface area (Å²) in [5.41, 5.74) is 3.38. The van der Waals surface area contributed by atoms with Gasteiger partial charge in [-0.2, -0.15) is 0 Å². The molecule has 0 radical (unpaired) electrons. The van der Waals surface area contributed by atoms with Crippen LogP contribution in [0.15, 0.2) is 84.9 Å². The van der Waals surface area contributed by atoms with E-state index < -0.39 is 0 Å². The highest BCUT2D eigenvalue weighted by Crippen LogP contribution is 2.60. The first kappa shape index (κ1) is 24.2. The number of methoxy groups -OCH3 is 1. The standard InChI is InChI=1S/C33H37NO3/c1-36-27-17-15-26(16-18-27)32(35)37-30-23-33(34-19-9-4-10-20-34)21-28(24-11-5-2-6-12-24)31(30)29(22-33)25-13-7-3-8-14-25/h2-3,5-8,11-18,28-31H,4,9-10,19-23H2,1H3/t28-,29-,30+,31?,33?/m0/s1. The minimum atomic E-state index is -0.229. The van der Waals surface area contributed by atoms with Gasteiger partial charge in [-0.15, -0.1) is 0 Å². The summed E-state index contributed by atoms with van der Waals surface area (Å²) in [6, 6.07) is 29.2. The summed E-state index contributed by atoms with van der Waals surface area (Å²) < 4.78 is 11.8. The van der Waals surface area contributed by atoms with Gasteiger partial charge in [0.1, 0.15) is 11.9 Å². The van der Waals surface area contributed by atoms with Crippen LogP contribution in [0.1, 0.15) is 71.8 Å². The first-order chi connectivity index (χ1) is 18.2. The van der Waals surface area contributed by atoms with E-state index in [9.17, 15) is 4.79 Å². The summed E-state index contributed by atoms with van der Waals surface area (Å²) in [5, 5.41) is 0. The average molecular weight is 496 g/mol. The van der Waals surface area contributed by atoms with E-state index in [1.165, 1.54) is 30.4 Å². The lowest BCUT2D eigenvalue weighted by atomic mass is 9.51. The molecule has 37 heavy (non-hydrogen) atoms. The van der Waals surface area contributed by atoms with Crippen LogP contribution in [0.25, 0.3) is 0 Å². The van der Waals surface area contributed by atoms with Crippen molar-refractivity contribution in [1.29, 1.82) is 0 Å². The Morgan fingerprint density at radius 3 is 1.86 bits per heavy atom. The molecule has 3 aliphatic carbocycles. The Morgan fingerprint density at radius 1 is 0.757 bits per heavy atom. The maximum Gasteiger partial charge on any atom is 0.338 e. The van der Waals surface area contributed by atoms with Gasteiger partial charge in [0.25, 0.3) is 0 Å². The van der Waals surface area contributed by atoms with Crippen LogP contribution in [-0.4, -0.2) is 42.7 Å². The largest absolute Gasteiger partial charge is 0.497 e. The van der Waals surface area contributed by atoms with Crippen molar-refractivity contribution in [1.82, 2.24) is 4.90 Å². The highest BCUT2D eigenvalue weighted by Gasteiger charge is 2.59. The van der Waals surface area contributed by atoms with Crippen LogP contribution in [0.3, 0.4) is 0 Å². The van der Waals surface area contributed by atoms with Crippen molar-refractivity contribution in [2.24, 2.45) is 5.92 Å². The maximum atomic E-state index is 13.5. The number of esters is 1. The van der Waals surface area contributed by atoms with E-state index in [4.69, 9.17) is 9.47 Å². The van der Waals surface area contributed by atoms with Gasteiger partial charge in [-0.1, -0.05) is 67.1 Å². The summed E-state index contributed by atoms with van der Waals surface area (Å²) in [6.45, 7) is 2.29. The van der Waals surface area contributed by atoms with Crippen molar-refractivity contribution in [3.8, 4) is 5.75 Å². The molecular weight excluding hydrogens is 458 g/mol. The smallest absolute Gasteiger partial charge is 0.338 e. The van der Waals surface area contributed by atoms with Crippen molar-refractivity contribution in [3.63, 3.8) is 0 Å². The molecule has 1 aliphatic heterocycles. The van der Waals surface area contributed by atoms with Crippen molar-refractivity contribution >= 4 is 5.97 Å². The third-order valence-electron chi connectivity index (χ3n) is 9.21. The number of ether oxygens (including phenoxy) is 2. The SMILES string of the molecule is COc1ccc(C(=O)O[C@@H]2CC3(N4CCCCC4)C[C@@H](c4ccccc4)C2[C@H](c2ccccc2)C3)cc1. The molecule has 3 aromatic rings. The molecule has 7 rings (SSSR count). The molecule has 0 N–H and O–H groups in total. The maximum absolute atomic E-state index is 13.5. The van der Waals surface area contributed by atoms with E-state index in [1.54, 1.807) is 7.11 Å². The molecule has 1 heterocycles. The molecule has 0 aromatic heterocycles. The van der Waals surface area contributed by atoms with Gasteiger partial charge >= 0.3 is 5.97 Å². The summed E-state index contributed by atoms with van der Waals surface area (Å²) in [6.07, 6.45) is 6.90. The van der Waals surface area contributed by atoms with Crippen molar-refractivity contribution in [3.05, 3.63) is 102 Å². The van der Waals surface area contributed by atoms with Crippen LogP contribution >= 0.6 is 0 Å². The summed E-state index contributed by atoms with van der Waals surface area (Å²) in [4.78, 5) is 16.2. The second-order valence-electron chi connectivity index (χ2n) is 11.2. The number of benzene rings is 3. The lowest BCUT2D eigenvalue weighted by molar-refractivity contribution is -0.115. The summed E-state index contributed by atoms with van der Waals surface area (Å²) in [5.74, 6) is 1.46. The quantitative estimate of drug-likeness (QED) is 0.352. The Labute approximate surface area is 220 Å². The van der Waals surface area contributed by atoms with E-state index in [1.807, 2.05) is 24.3 Å². The van der Waals surface area contributed by atoms with Crippen LogP contribution in [0.5, 0.6) is 5.75 Å². The van der Waals surface area contributed by atoms with Crippen LogP contribution in [0, 0.1) is 5.92 Å². The number of nitrogens with zero attached hydrogens (tertiary/aromatic N) is 1. The van der Waals surface area contributed by atoms with E-state index >= 15 is 0 Å². The molecule has 3 aromatic carbocycles. The third-order valence-corrected chi connectivity index (χ3v) is 9.21. The molecule has 3 atom stereocenters. The summed E-state index contributed by atoms with van der Waals surface area (Å²) >= 11 is 0. The fourth-order valence-corrected chi connectivity index (χ4v) is 7.54. The normalized spacial score (nSPS) is 29.5. The van der Waals surface area contributed by atoms with Gasteiger partial charge in [0.2, 0.25) is 0 Å². The Morgan fingerprint density at radius 2 is 1.32 bits per heavy atom. The fraction of sp³-hybridized carbons (Fsp3) is 0.424. The van der Waals surface area contributed by atoms with Gasteiger partial charge in [-0.25, -0.2) is 4.79 Å². The molecule has 3 saturated carbocycles. The van der Waals surface area contributed by atoms with E-state index in [-0.39, 0.29) is 23.5 Å². The molecule has 4 heteroatoms. The molecule has 0 unspecified atom stereocenters. The van der Waals surface area contributed by atoms with Crippen LogP contribution in [0.4, 0.5) is 0 Å². The van der Waals surface area contributed by atoms with Gasteiger partial charge in [0.05, 0.1) is 12.7 Å². The average Bonchev–Trinajstić information content (AvgIpc) is 2.98. The lowest BCUT2D eigenvalue weighted by Crippen LogP contribution is -2.64. The molecule has 2 bridgehead atoms. The Hall–Kier alpha value is -3.11. The molecule has 0 amide bonds. The number of piperidine rings is 1. The van der Waals surface area contributed by atoms with E-state index in [2.05, 4.69) is 65.6 Å². The number of fused-ring (bicyclic) bond motifs is 3. The predicted molar refractivity (Wildman–Crippen MR) is 146 cm³/mol. The number of hydrogen-bond donors (Lipinski definition) is 0. The highest BCUT2D eigenvalue weighted by atomic mass is 16.5. The van der Waals surface area contributed by atoms with Crippen LogP contribution in [-0.2, 0) is 4.74 Å². The van der Waals surface area contributed by atoms with Crippen molar-refractivity contribution < 1.29 is 14.3 Å². The number of carbonyl (C=O) groups excluding carboxylic acids is 1. The zero-order valence-corrected chi connectivity index (χ0v) is 21.7. The first-order valence-corrected chi connectivity index (χ1v) is 13.9. The Bertz CT molecular complexity index is 1140. The van der Waals surface area contributed by atoms with Gasteiger partial charge in [0.15, 0.2) is 0 Å². The van der Waals surface area contributed by atoms with E-state index in [0.717, 1.165) is 38.1 Å². The topological polar surface area (TPSA) is 38.8 Å². The molecule has 4 fully saturated rings. The molecule has 1 saturated heterocycles. The van der Waals surface area contributed by atoms with Crippen molar-refractivity contribution in [2.45, 2.75) is 62.0 Å². The zero-order chi connectivity index (χ0) is 25.2.